The van der Waals surface area contributed by atoms with E-state index in [-0.39, 0.29) is 11.7 Å². The first kappa shape index (κ1) is 19.4. The summed E-state index contributed by atoms with van der Waals surface area (Å²) in [5.41, 5.74) is 2.78. The van der Waals surface area contributed by atoms with Crippen molar-refractivity contribution in [2.24, 2.45) is 0 Å². The Labute approximate surface area is 177 Å². The molecule has 2 heterocycles. The molecule has 1 N–H and O–H groups in total. The number of carbonyl (C=O) groups is 1. The van der Waals surface area contributed by atoms with Gasteiger partial charge in [-0.25, -0.2) is 14.6 Å². The van der Waals surface area contributed by atoms with Crippen LogP contribution in [0.25, 0.3) is 16.7 Å². The van der Waals surface area contributed by atoms with Crippen LogP contribution in [-0.4, -0.2) is 38.0 Å². The topological polar surface area (TPSA) is 72.7 Å². The third-order valence-electron chi connectivity index (χ3n) is 4.32. The number of carbonyl (C=O) groups excluding carboxylic acids is 1. The van der Waals surface area contributed by atoms with Gasteiger partial charge in [0.1, 0.15) is 11.4 Å². The summed E-state index contributed by atoms with van der Waals surface area (Å²) in [6.45, 7) is 0.576. The standard InChI is InChI=1S/C21H18ClN5OS/c22-16-8-6-15(7-9-16)10-11-23-19(28)13-29-21-18-12-26-27(20(18)24-14-25-21)17-4-2-1-3-5-17/h1-9,12,14H,10-11,13H2,(H,23,28). The molecule has 0 radical (unpaired) electrons. The third kappa shape index (κ3) is 4.75. The zero-order chi connectivity index (χ0) is 20.1. The van der Waals surface area contributed by atoms with Crippen LogP contribution in [0.2, 0.25) is 5.02 Å². The van der Waals surface area contributed by atoms with Crippen molar-refractivity contribution < 1.29 is 4.79 Å². The van der Waals surface area contributed by atoms with Gasteiger partial charge < -0.3 is 5.32 Å². The number of thioether (sulfide) groups is 1. The van der Waals surface area contributed by atoms with Crippen molar-refractivity contribution in [2.75, 3.05) is 12.3 Å². The highest BCUT2D eigenvalue weighted by molar-refractivity contribution is 8.00. The van der Waals surface area contributed by atoms with Crippen LogP contribution >= 0.6 is 23.4 Å². The number of amides is 1. The average Bonchev–Trinajstić information content (AvgIpc) is 3.19. The predicted molar refractivity (Wildman–Crippen MR) is 116 cm³/mol. The van der Waals surface area contributed by atoms with Gasteiger partial charge in [0.15, 0.2) is 5.65 Å². The molecular weight excluding hydrogens is 406 g/mol. The van der Waals surface area contributed by atoms with Gasteiger partial charge in [0, 0.05) is 11.6 Å². The molecule has 8 heteroatoms. The average molecular weight is 424 g/mol. The Morgan fingerprint density at radius 2 is 1.86 bits per heavy atom. The lowest BCUT2D eigenvalue weighted by molar-refractivity contribution is -0.118. The second-order valence-electron chi connectivity index (χ2n) is 6.32. The van der Waals surface area contributed by atoms with E-state index in [4.69, 9.17) is 11.6 Å². The SMILES string of the molecule is O=C(CSc1ncnc2c1cnn2-c1ccccc1)NCCc1ccc(Cl)cc1. The minimum absolute atomic E-state index is 0.0359. The molecule has 2 aromatic heterocycles. The number of hydrogen-bond donors (Lipinski definition) is 1. The van der Waals surface area contributed by atoms with Gasteiger partial charge in [-0.1, -0.05) is 53.7 Å². The van der Waals surface area contributed by atoms with E-state index < -0.39 is 0 Å². The zero-order valence-electron chi connectivity index (χ0n) is 15.5. The van der Waals surface area contributed by atoms with Crippen LogP contribution in [0.5, 0.6) is 0 Å². The molecule has 0 saturated heterocycles. The summed E-state index contributed by atoms with van der Waals surface area (Å²) in [6, 6.07) is 17.4. The number of halogens is 1. The molecule has 0 aliphatic carbocycles. The fraction of sp³-hybridized carbons (Fsp3) is 0.143. The smallest absolute Gasteiger partial charge is 0.230 e. The van der Waals surface area contributed by atoms with Gasteiger partial charge in [-0.15, -0.1) is 0 Å². The Hall–Kier alpha value is -2.90. The van der Waals surface area contributed by atoms with Crippen molar-refractivity contribution >= 4 is 40.3 Å². The van der Waals surface area contributed by atoms with E-state index in [2.05, 4.69) is 20.4 Å². The fourth-order valence-electron chi connectivity index (χ4n) is 2.88. The molecular formula is C21H18ClN5OS. The Morgan fingerprint density at radius 1 is 1.07 bits per heavy atom. The molecule has 146 valence electrons. The molecule has 0 bridgehead atoms. The maximum absolute atomic E-state index is 12.2. The summed E-state index contributed by atoms with van der Waals surface area (Å²) in [6.07, 6.45) is 4.00. The maximum atomic E-state index is 12.2. The quantitative estimate of drug-likeness (QED) is 0.360. The van der Waals surface area contributed by atoms with E-state index in [1.807, 2.05) is 54.6 Å². The first-order chi connectivity index (χ1) is 14.2. The Kier molecular flexibility index (Phi) is 6.07. The van der Waals surface area contributed by atoms with E-state index in [0.29, 0.717) is 11.6 Å². The van der Waals surface area contributed by atoms with Crippen LogP contribution in [-0.2, 0) is 11.2 Å². The van der Waals surface area contributed by atoms with Crippen molar-refractivity contribution in [1.29, 1.82) is 0 Å². The Bertz CT molecular complexity index is 1120. The summed E-state index contributed by atoms with van der Waals surface area (Å²) in [4.78, 5) is 20.9. The van der Waals surface area contributed by atoms with Crippen molar-refractivity contribution in [3.63, 3.8) is 0 Å². The number of hydrogen-bond acceptors (Lipinski definition) is 5. The minimum atomic E-state index is -0.0359. The first-order valence-corrected chi connectivity index (χ1v) is 10.4. The molecule has 0 aliphatic rings. The maximum Gasteiger partial charge on any atom is 0.230 e. The second-order valence-corrected chi connectivity index (χ2v) is 7.72. The van der Waals surface area contributed by atoms with Crippen LogP contribution in [0.15, 0.2) is 72.1 Å². The van der Waals surface area contributed by atoms with Crippen LogP contribution < -0.4 is 5.32 Å². The van der Waals surface area contributed by atoms with Crippen molar-refractivity contribution in [1.82, 2.24) is 25.1 Å². The molecule has 0 aliphatic heterocycles. The van der Waals surface area contributed by atoms with Crippen molar-refractivity contribution in [2.45, 2.75) is 11.4 Å². The van der Waals surface area contributed by atoms with Gasteiger partial charge in [-0.2, -0.15) is 5.10 Å². The lowest BCUT2D eigenvalue weighted by Crippen LogP contribution is -2.27. The highest BCUT2D eigenvalue weighted by Gasteiger charge is 2.12. The van der Waals surface area contributed by atoms with Gasteiger partial charge >= 0.3 is 0 Å². The summed E-state index contributed by atoms with van der Waals surface area (Å²) in [5.74, 6) is 0.245. The number of para-hydroxylation sites is 1. The summed E-state index contributed by atoms with van der Waals surface area (Å²) in [5, 5.41) is 9.65. The van der Waals surface area contributed by atoms with E-state index in [9.17, 15) is 4.79 Å². The molecule has 6 nitrogen and oxygen atoms in total. The van der Waals surface area contributed by atoms with Gasteiger partial charge in [0.2, 0.25) is 5.91 Å². The van der Waals surface area contributed by atoms with Gasteiger partial charge in [-0.3, -0.25) is 4.79 Å². The van der Waals surface area contributed by atoms with E-state index >= 15 is 0 Å². The van der Waals surface area contributed by atoms with Crippen LogP contribution in [0.3, 0.4) is 0 Å². The number of benzene rings is 2. The largest absolute Gasteiger partial charge is 0.355 e. The summed E-state index contributed by atoms with van der Waals surface area (Å²) in [7, 11) is 0. The second kappa shape index (κ2) is 9.07. The lowest BCUT2D eigenvalue weighted by Gasteiger charge is -2.06. The lowest BCUT2D eigenvalue weighted by atomic mass is 10.1. The Morgan fingerprint density at radius 3 is 2.66 bits per heavy atom. The first-order valence-electron chi connectivity index (χ1n) is 9.09. The van der Waals surface area contributed by atoms with Crippen LogP contribution in [0, 0.1) is 0 Å². The normalized spacial score (nSPS) is 10.9. The van der Waals surface area contributed by atoms with E-state index in [1.165, 1.54) is 18.1 Å². The molecule has 4 aromatic rings. The van der Waals surface area contributed by atoms with E-state index in [1.54, 1.807) is 10.9 Å². The third-order valence-corrected chi connectivity index (χ3v) is 5.58. The predicted octanol–water partition coefficient (Wildman–Crippen LogP) is 3.92. The molecule has 0 spiro atoms. The van der Waals surface area contributed by atoms with Crippen molar-refractivity contribution in [3.05, 3.63) is 77.7 Å². The number of rotatable bonds is 7. The summed E-state index contributed by atoms with van der Waals surface area (Å²) < 4.78 is 1.77. The Balaban J connectivity index is 1.36. The fourth-order valence-corrected chi connectivity index (χ4v) is 3.80. The number of aromatic nitrogens is 4. The molecule has 0 saturated carbocycles. The number of nitrogens with zero attached hydrogens (tertiary/aromatic N) is 4. The van der Waals surface area contributed by atoms with Gasteiger partial charge in [0.25, 0.3) is 0 Å². The number of nitrogens with one attached hydrogen (secondary N) is 1. The molecule has 2 aromatic carbocycles. The highest BCUT2D eigenvalue weighted by atomic mass is 35.5. The molecule has 4 rings (SSSR count). The van der Waals surface area contributed by atoms with Gasteiger partial charge in [-0.05, 0) is 36.2 Å². The summed E-state index contributed by atoms with van der Waals surface area (Å²) >= 11 is 7.27. The van der Waals surface area contributed by atoms with Crippen molar-refractivity contribution in [3.8, 4) is 5.69 Å². The van der Waals surface area contributed by atoms with Crippen LogP contribution in [0.4, 0.5) is 0 Å². The minimum Gasteiger partial charge on any atom is -0.355 e. The monoisotopic (exact) mass is 423 g/mol. The van der Waals surface area contributed by atoms with Crippen LogP contribution in [0.1, 0.15) is 5.56 Å². The highest BCUT2D eigenvalue weighted by Crippen LogP contribution is 2.25. The zero-order valence-corrected chi connectivity index (χ0v) is 17.0. The molecule has 0 unspecified atom stereocenters. The molecule has 29 heavy (non-hydrogen) atoms. The number of fused-ring (bicyclic) bond motifs is 1. The van der Waals surface area contributed by atoms with E-state index in [0.717, 1.165) is 33.7 Å². The van der Waals surface area contributed by atoms with Gasteiger partial charge in [0.05, 0.1) is 23.0 Å². The molecule has 0 atom stereocenters. The molecule has 0 fully saturated rings. The molecule has 1 amide bonds.